The van der Waals surface area contributed by atoms with Gasteiger partial charge < -0.3 is 10.1 Å². The van der Waals surface area contributed by atoms with Crippen molar-refractivity contribution in [3.05, 3.63) is 34.1 Å². The summed E-state index contributed by atoms with van der Waals surface area (Å²) < 4.78 is 19.6. The van der Waals surface area contributed by atoms with E-state index in [9.17, 15) is 9.18 Å². The van der Waals surface area contributed by atoms with Gasteiger partial charge in [0.25, 0.3) is 0 Å². The van der Waals surface area contributed by atoms with E-state index in [0.29, 0.717) is 12.2 Å². The minimum atomic E-state index is -0.311. The molecule has 0 aliphatic carbocycles. The highest BCUT2D eigenvalue weighted by Gasteiger charge is 2.30. The third-order valence-electron chi connectivity index (χ3n) is 3.17. The first-order chi connectivity index (χ1) is 8.58. The van der Waals surface area contributed by atoms with Crippen molar-refractivity contribution in [1.82, 2.24) is 5.32 Å². The number of rotatable bonds is 3. The number of ether oxygens (including phenoxy) is 1. The van der Waals surface area contributed by atoms with Gasteiger partial charge in [-0.05, 0) is 31.5 Å². The number of benzene rings is 1. The first-order valence-electron chi connectivity index (χ1n) is 5.91. The number of carbonyl (C=O) groups is 1. The van der Waals surface area contributed by atoms with Crippen molar-refractivity contribution in [2.75, 3.05) is 6.61 Å². The SMILES string of the molecule is CC1OCCC1C(=O)NCc1cc(Br)ccc1F. The van der Waals surface area contributed by atoms with Gasteiger partial charge in [-0.1, -0.05) is 15.9 Å². The molecule has 1 saturated heterocycles. The fourth-order valence-electron chi connectivity index (χ4n) is 2.07. The van der Waals surface area contributed by atoms with Crippen LogP contribution < -0.4 is 5.32 Å². The van der Waals surface area contributed by atoms with Crippen molar-refractivity contribution in [2.24, 2.45) is 5.92 Å². The van der Waals surface area contributed by atoms with Gasteiger partial charge in [0.05, 0.1) is 12.0 Å². The highest BCUT2D eigenvalue weighted by atomic mass is 79.9. The Hall–Kier alpha value is -0.940. The first kappa shape index (κ1) is 13.5. The smallest absolute Gasteiger partial charge is 0.226 e. The van der Waals surface area contributed by atoms with Gasteiger partial charge in [0.15, 0.2) is 0 Å². The van der Waals surface area contributed by atoms with Gasteiger partial charge in [0.2, 0.25) is 5.91 Å². The Bertz CT molecular complexity index is 453. The lowest BCUT2D eigenvalue weighted by Gasteiger charge is -2.14. The van der Waals surface area contributed by atoms with Gasteiger partial charge in [-0.3, -0.25) is 4.79 Å². The average Bonchev–Trinajstić information content (AvgIpc) is 2.76. The molecule has 2 unspecified atom stereocenters. The van der Waals surface area contributed by atoms with Crippen LogP contribution in [0, 0.1) is 11.7 Å². The molecule has 2 rings (SSSR count). The fraction of sp³-hybridized carbons (Fsp3) is 0.462. The molecule has 0 radical (unpaired) electrons. The van der Waals surface area contributed by atoms with E-state index in [1.54, 1.807) is 12.1 Å². The second-order valence-corrected chi connectivity index (χ2v) is 5.34. The Morgan fingerprint density at radius 1 is 1.61 bits per heavy atom. The molecule has 1 amide bonds. The van der Waals surface area contributed by atoms with Crippen molar-refractivity contribution in [1.29, 1.82) is 0 Å². The molecule has 2 atom stereocenters. The fourth-order valence-corrected chi connectivity index (χ4v) is 2.48. The van der Waals surface area contributed by atoms with Crippen LogP contribution in [0.1, 0.15) is 18.9 Å². The third kappa shape index (κ3) is 3.09. The summed E-state index contributed by atoms with van der Waals surface area (Å²) in [5.41, 5.74) is 0.476. The second-order valence-electron chi connectivity index (χ2n) is 4.42. The molecule has 1 aromatic rings. The maximum absolute atomic E-state index is 13.5. The molecule has 0 bridgehead atoms. The predicted octanol–water partition coefficient (Wildman–Crippen LogP) is 2.63. The number of halogens is 2. The van der Waals surface area contributed by atoms with E-state index in [1.807, 2.05) is 6.92 Å². The Kier molecular flexibility index (Phi) is 4.35. The van der Waals surface area contributed by atoms with Crippen LogP contribution in [0.25, 0.3) is 0 Å². The summed E-state index contributed by atoms with van der Waals surface area (Å²) in [5.74, 6) is -0.506. The number of hydrogen-bond donors (Lipinski definition) is 1. The van der Waals surface area contributed by atoms with E-state index in [-0.39, 0.29) is 30.3 Å². The van der Waals surface area contributed by atoms with Crippen LogP contribution >= 0.6 is 15.9 Å². The van der Waals surface area contributed by atoms with E-state index in [2.05, 4.69) is 21.2 Å². The Morgan fingerprint density at radius 3 is 3.06 bits per heavy atom. The van der Waals surface area contributed by atoms with Crippen molar-refractivity contribution >= 4 is 21.8 Å². The molecule has 1 fully saturated rings. The number of carbonyl (C=O) groups excluding carboxylic acids is 1. The lowest BCUT2D eigenvalue weighted by molar-refractivity contribution is -0.126. The van der Waals surface area contributed by atoms with Crippen molar-refractivity contribution in [3.63, 3.8) is 0 Å². The summed E-state index contributed by atoms with van der Waals surface area (Å²) in [7, 11) is 0. The summed E-state index contributed by atoms with van der Waals surface area (Å²) >= 11 is 3.28. The number of hydrogen-bond acceptors (Lipinski definition) is 2. The Balaban J connectivity index is 1.95. The van der Waals surface area contributed by atoms with E-state index >= 15 is 0 Å². The van der Waals surface area contributed by atoms with Gasteiger partial charge in [-0.15, -0.1) is 0 Å². The molecule has 1 heterocycles. The summed E-state index contributed by atoms with van der Waals surface area (Å²) in [6.07, 6.45) is 0.672. The minimum absolute atomic E-state index is 0.0580. The minimum Gasteiger partial charge on any atom is -0.378 e. The zero-order chi connectivity index (χ0) is 13.1. The van der Waals surface area contributed by atoms with Crippen molar-refractivity contribution in [3.8, 4) is 0 Å². The molecule has 98 valence electrons. The normalized spacial score (nSPS) is 23.1. The second kappa shape index (κ2) is 5.80. The molecule has 1 aliphatic heterocycles. The zero-order valence-corrected chi connectivity index (χ0v) is 11.7. The van der Waals surface area contributed by atoms with Crippen LogP contribution in [0.5, 0.6) is 0 Å². The largest absolute Gasteiger partial charge is 0.378 e. The van der Waals surface area contributed by atoms with Gasteiger partial charge in [-0.2, -0.15) is 0 Å². The monoisotopic (exact) mass is 315 g/mol. The van der Waals surface area contributed by atoms with Crippen molar-refractivity contribution in [2.45, 2.75) is 26.0 Å². The number of nitrogens with one attached hydrogen (secondary N) is 1. The van der Waals surface area contributed by atoms with Crippen LogP contribution in [0.15, 0.2) is 22.7 Å². The van der Waals surface area contributed by atoms with Crippen molar-refractivity contribution < 1.29 is 13.9 Å². The zero-order valence-electron chi connectivity index (χ0n) is 10.1. The first-order valence-corrected chi connectivity index (χ1v) is 6.70. The van der Waals surface area contributed by atoms with Crippen LogP contribution in [0.2, 0.25) is 0 Å². The van der Waals surface area contributed by atoms with Crippen LogP contribution in [0.4, 0.5) is 4.39 Å². The molecule has 0 saturated carbocycles. The summed E-state index contributed by atoms with van der Waals surface area (Å²) in [5, 5.41) is 2.76. The maximum Gasteiger partial charge on any atom is 0.226 e. The standard InChI is InChI=1S/C13H15BrFNO2/c1-8-11(4-5-18-8)13(17)16-7-9-6-10(14)2-3-12(9)15/h2-3,6,8,11H,4-5,7H2,1H3,(H,16,17). The maximum atomic E-state index is 13.5. The average molecular weight is 316 g/mol. The molecular formula is C13H15BrFNO2. The van der Waals surface area contributed by atoms with Gasteiger partial charge in [0.1, 0.15) is 5.82 Å². The van der Waals surface area contributed by atoms with Crippen LogP contribution in [0.3, 0.4) is 0 Å². The summed E-state index contributed by atoms with van der Waals surface area (Å²) in [6, 6.07) is 4.69. The van der Waals surface area contributed by atoms with Crippen LogP contribution in [-0.2, 0) is 16.1 Å². The molecule has 1 N–H and O–H groups in total. The highest BCUT2D eigenvalue weighted by Crippen LogP contribution is 2.21. The Labute approximate surface area is 114 Å². The lowest BCUT2D eigenvalue weighted by Crippen LogP contribution is -2.33. The molecule has 3 nitrogen and oxygen atoms in total. The highest BCUT2D eigenvalue weighted by molar-refractivity contribution is 9.10. The van der Waals surface area contributed by atoms with Gasteiger partial charge in [-0.25, -0.2) is 4.39 Å². The summed E-state index contributed by atoms with van der Waals surface area (Å²) in [6.45, 7) is 2.70. The van der Waals surface area contributed by atoms with Crippen LogP contribution in [-0.4, -0.2) is 18.6 Å². The lowest BCUT2D eigenvalue weighted by atomic mass is 10.0. The molecule has 0 aromatic heterocycles. The summed E-state index contributed by atoms with van der Waals surface area (Å²) in [4.78, 5) is 11.9. The topological polar surface area (TPSA) is 38.3 Å². The van der Waals surface area contributed by atoms with Gasteiger partial charge >= 0.3 is 0 Å². The van der Waals surface area contributed by atoms with E-state index in [0.717, 1.165) is 10.9 Å². The molecule has 1 aromatic carbocycles. The quantitative estimate of drug-likeness (QED) is 0.931. The predicted molar refractivity (Wildman–Crippen MR) is 69.5 cm³/mol. The number of amides is 1. The molecule has 1 aliphatic rings. The van der Waals surface area contributed by atoms with Gasteiger partial charge in [0, 0.05) is 23.2 Å². The molecule has 5 heteroatoms. The van der Waals surface area contributed by atoms with E-state index < -0.39 is 0 Å². The van der Waals surface area contributed by atoms with E-state index in [4.69, 9.17) is 4.74 Å². The molecular weight excluding hydrogens is 301 g/mol. The molecule has 0 spiro atoms. The van der Waals surface area contributed by atoms with E-state index in [1.165, 1.54) is 6.07 Å². The third-order valence-corrected chi connectivity index (χ3v) is 3.67. The molecule has 18 heavy (non-hydrogen) atoms. The Morgan fingerprint density at radius 2 is 2.39 bits per heavy atom.